The molecule has 1 aromatic rings. The Morgan fingerprint density at radius 1 is 1.33 bits per heavy atom. The van der Waals surface area contributed by atoms with Crippen molar-refractivity contribution in [2.45, 2.75) is 18.6 Å². The lowest BCUT2D eigenvalue weighted by Gasteiger charge is -2.29. The minimum Gasteiger partial charge on any atom is -0.481 e. The van der Waals surface area contributed by atoms with Crippen LogP contribution in [0, 0.1) is 5.92 Å². The van der Waals surface area contributed by atoms with Crippen LogP contribution in [0.2, 0.25) is 10.0 Å². The smallest absolute Gasteiger partial charge is 0.307 e. The molecule has 1 heterocycles. The van der Waals surface area contributed by atoms with E-state index < -0.39 is 21.9 Å². The monoisotopic (exact) mass is 351 g/mol. The SMILES string of the molecule is O=C(O)[C@@H]1CCCN(S(=O)(=O)Cc2ccc(Cl)c(Cl)c2)C1. The van der Waals surface area contributed by atoms with Crippen molar-refractivity contribution in [3.63, 3.8) is 0 Å². The largest absolute Gasteiger partial charge is 0.481 e. The van der Waals surface area contributed by atoms with Crippen LogP contribution in [0.4, 0.5) is 0 Å². The van der Waals surface area contributed by atoms with Gasteiger partial charge in [-0.05, 0) is 30.5 Å². The van der Waals surface area contributed by atoms with Crippen molar-refractivity contribution in [3.05, 3.63) is 33.8 Å². The molecule has 1 fully saturated rings. The lowest BCUT2D eigenvalue weighted by atomic mass is 10.0. The summed E-state index contributed by atoms with van der Waals surface area (Å²) in [5.41, 5.74) is 0.529. The van der Waals surface area contributed by atoms with Gasteiger partial charge in [-0.1, -0.05) is 29.3 Å². The first-order chi connectivity index (χ1) is 9.79. The van der Waals surface area contributed by atoms with E-state index in [1.165, 1.54) is 10.4 Å². The fourth-order valence-electron chi connectivity index (χ4n) is 2.33. The fourth-order valence-corrected chi connectivity index (χ4v) is 4.25. The molecule has 116 valence electrons. The van der Waals surface area contributed by atoms with E-state index in [0.29, 0.717) is 35.0 Å². The van der Waals surface area contributed by atoms with Gasteiger partial charge < -0.3 is 5.11 Å². The lowest BCUT2D eigenvalue weighted by molar-refractivity contribution is -0.142. The number of hydrogen-bond acceptors (Lipinski definition) is 3. The molecule has 2 rings (SSSR count). The van der Waals surface area contributed by atoms with Crippen molar-refractivity contribution < 1.29 is 18.3 Å². The Morgan fingerprint density at radius 3 is 2.67 bits per heavy atom. The average Bonchev–Trinajstić information content (AvgIpc) is 2.43. The number of sulfonamides is 1. The molecule has 1 atom stereocenters. The molecular weight excluding hydrogens is 337 g/mol. The van der Waals surface area contributed by atoms with Crippen molar-refractivity contribution in [2.75, 3.05) is 13.1 Å². The highest BCUT2D eigenvalue weighted by molar-refractivity contribution is 7.88. The lowest BCUT2D eigenvalue weighted by Crippen LogP contribution is -2.42. The van der Waals surface area contributed by atoms with Gasteiger partial charge in [0, 0.05) is 13.1 Å². The second-order valence-corrected chi connectivity index (χ2v) is 7.82. The van der Waals surface area contributed by atoms with E-state index >= 15 is 0 Å². The molecule has 1 aliphatic rings. The number of nitrogens with zero attached hydrogens (tertiary/aromatic N) is 1. The third kappa shape index (κ3) is 4.10. The summed E-state index contributed by atoms with van der Waals surface area (Å²) in [6.45, 7) is 0.381. The topological polar surface area (TPSA) is 74.7 Å². The molecule has 0 bridgehead atoms. The third-order valence-electron chi connectivity index (χ3n) is 3.46. The number of carbonyl (C=O) groups is 1. The first kappa shape index (κ1) is 16.5. The van der Waals surface area contributed by atoms with Crippen LogP contribution in [-0.2, 0) is 20.6 Å². The van der Waals surface area contributed by atoms with Crippen LogP contribution in [-0.4, -0.2) is 36.9 Å². The van der Waals surface area contributed by atoms with Crippen LogP contribution in [0.15, 0.2) is 18.2 Å². The van der Waals surface area contributed by atoms with Crippen molar-refractivity contribution >= 4 is 39.2 Å². The van der Waals surface area contributed by atoms with Gasteiger partial charge in [0.1, 0.15) is 0 Å². The number of piperidine rings is 1. The number of benzene rings is 1. The van der Waals surface area contributed by atoms with Crippen LogP contribution in [0.3, 0.4) is 0 Å². The summed E-state index contributed by atoms with van der Waals surface area (Å²) in [7, 11) is -3.56. The maximum atomic E-state index is 12.4. The van der Waals surface area contributed by atoms with E-state index in [2.05, 4.69) is 0 Å². The average molecular weight is 352 g/mol. The minimum atomic E-state index is -3.56. The minimum absolute atomic E-state index is 0.0268. The highest BCUT2D eigenvalue weighted by Gasteiger charge is 2.32. The summed E-state index contributed by atoms with van der Waals surface area (Å²) in [4.78, 5) is 11.0. The van der Waals surface area contributed by atoms with Gasteiger partial charge in [-0.25, -0.2) is 12.7 Å². The summed E-state index contributed by atoms with van der Waals surface area (Å²) < 4.78 is 26.0. The van der Waals surface area contributed by atoms with Gasteiger partial charge in [-0.15, -0.1) is 0 Å². The fraction of sp³-hybridized carbons (Fsp3) is 0.462. The summed E-state index contributed by atoms with van der Waals surface area (Å²) in [5, 5.41) is 9.69. The van der Waals surface area contributed by atoms with Crippen LogP contribution >= 0.6 is 23.2 Å². The van der Waals surface area contributed by atoms with E-state index in [9.17, 15) is 13.2 Å². The Kier molecular flexibility index (Phi) is 5.14. The van der Waals surface area contributed by atoms with Crippen molar-refractivity contribution in [3.8, 4) is 0 Å². The molecule has 21 heavy (non-hydrogen) atoms. The summed E-state index contributed by atoms with van der Waals surface area (Å²) in [6, 6.07) is 4.66. The Morgan fingerprint density at radius 2 is 2.05 bits per heavy atom. The third-order valence-corrected chi connectivity index (χ3v) is 6.02. The number of aliphatic carboxylic acids is 1. The number of hydrogen-bond donors (Lipinski definition) is 1. The highest BCUT2D eigenvalue weighted by atomic mass is 35.5. The maximum absolute atomic E-state index is 12.4. The van der Waals surface area contributed by atoms with Crippen LogP contribution in [0.25, 0.3) is 0 Å². The first-order valence-electron chi connectivity index (χ1n) is 6.44. The van der Waals surface area contributed by atoms with E-state index in [4.69, 9.17) is 28.3 Å². The van der Waals surface area contributed by atoms with Crippen molar-refractivity contribution in [2.24, 2.45) is 5.92 Å². The van der Waals surface area contributed by atoms with Gasteiger partial charge in [0.05, 0.1) is 21.7 Å². The second-order valence-electron chi connectivity index (χ2n) is 5.04. The summed E-state index contributed by atoms with van der Waals surface area (Å²) >= 11 is 11.7. The maximum Gasteiger partial charge on any atom is 0.307 e. The molecule has 0 spiro atoms. The zero-order valence-electron chi connectivity index (χ0n) is 11.1. The molecule has 0 radical (unpaired) electrons. The Labute approximate surface area is 133 Å². The molecule has 0 saturated carbocycles. The summed E-state index contributed by atoms with van der Waals surface area (Å²) in [5.74, 6) is -1.80. The van der Waals surface area contributed by atoms with E-state index in [1.54, 1.807) is 12.1 Å². The number of carboxylic acid groups (broad SMARTS) is 1. The molecule has 5 nitrogen and oxygen atoms in total. The quantitative estimate of drug-likeness (QED) is 0.904. The van der Waals surface area contributed by atoms with E-state index in [1.807, 2.05) is 0 Å². The Hall–Kier alpha value is -0.820. The zero-order valence-corrected chi connectivity index (χ0v) is 13.5. The molecule has 1 N–H and O–H groups in total. The predicted octanol–water partition coefficient (Wildman–Crippen LogP) is 2.62. The van der Waals surface area contributed by atoms with Gasteiger partial charge >= 0.3 is 5.97 Å². The van der Waals surface area contributed by atoms with Gasteiger partial charge in [-0.2, -0.15) is 0 Å². The zero-order chi connectivity index (χ0) is 15.6. The molecule has 0 amide bonds. The standard InChI is InChI=1S/C13H15Cl2NO4S/c14-11-4-3-9(6-12(11)15)8-21(19,20)16-5-1-2-10(7-16)13(17)18/h3-4,6,10H,1-2,5,7-8H2,(H,17,18)/t10-/m1/s1. The number of halogens is 2. The molecule has 1 saturated heterocycles. The van der Waals surface area contributed by atoms with Crippen molar-refractivity contribution in [1.29, 1.82) is 0 Å². The molecule has 8 heteroatoms. The van der Waals surface area contributed by atoms with Crippen molar-refractivity contribution in [1.82, 2.24) is 4.31 Å². The molecule has 0 aliphatic carbocycles. The van der Waals surface area contributed by atoms with E-state index in [-0.39, 0.29) is 12.3 Å². The van der Waals surface area contributed by atoms with Crippen LogP contribution < -0.4 is 0 Å². The van der Waals surface area contributed by atoms with Crippen LogP contribution in [0.1, 0.15) is 18.4 Å². The molecule has 0 aromatic heterocycles. The highest BCUT2D eigenvalue weighted by Crippen LogP contribution is 2.25. The van der Waals surface area contributed by atoms with Gasteiger partial charge in [0.2, 0.25) is 10.0 Å². The normalized spacial score (nSPS) is 20.4. The van der Waals surface area contributed by atoms with Gasteiger partial charge in [0.25, 0.3) is 0 Å². The predicted molar refractivity (Wildman–Crippen MR) is 81.0 cm³/mol. The van der Waals surface area contributed by atoms with Gasteiger partial charge in [-0.3, -0.25) is 4.79 Å². The second kappa shape index (κ2) is 6.52. The molecule has 1 aromatic carbocycles. The first-order valence-corrected chi connectivity index (χ1v) is 8.80. The number of rotatable bonds is 4. The van der Waals surface area contributed by atoms with Crippen LogP contribution in [0.5, 0.6) is 0 Å². The Balaban J connectivity index is 2.14. The molecular formula is C13H15Cl2NO4S. The molecule has 0 unspecified atom stereocenters. The molecule has 1 aliphatic heterocycles. The number of carboxylic acids is 1. The van der Waals surface area contributed by atoms with Gasteiger partial charge in [0.15, 0.2) is 0 Å². The Bertz CT molecular complexity index is 648. The summed E-state index contributed by atoms with van der Waals surface area (Å²) in [6.07, 6.45) is 1.06. The van der Waals surface area contributed by atoms with E-state index in [0.717, 1.165) is 0 Å².